The minimum atomic E-state index is 0.628. The number of hydrogen-bond acceptors (Lipinski definition) is 2. The van der Waals surface area contributed by atoms with Gasteiger partial charge in [-0.15, -0.1) is 0 Å². The summed E-state index contributed by atoms with van der Waals surface area (Å²) < 4.78 is 0. The average Bonchev–Trinajstić information content (AvgIpc) is 3.09. The number of rotatable bonds is 5. The lowest BCUT2D eigenvalue weighted by Gasteiger charge is -2.21. The van der Waals surface area contributed by atoms with Crippen molar-refractivity contribution in [1.29, 1.82) is 0 Å². The molecule has 1 N–H and O–H groups in total. The van der Waals surface area contributed by atoms with Crippen molar-refractivity contribution >= 4 is 5.96 Å². The van der Waals surface area contributed by atoms with Crippen molar-refractivity contribution in [2.75, 3.05) is 19.6 Å². The van der Waals surface area contributed by atoms with Gasteiger partial charge >= 0.3 is 0 Å². The zero-order chi connectivity index (χ0) is 16.6. The van der Waals surface area contributed by atoms with Crippen molar-refractivity contribution in [3.63, 3.8) is 0 Å². The van der Waals surface area contributed by atoms with Crippen LogP contribution in [-0.4, -0.2) is 35.5 Å². The van der Waals surface area contributed by atoms with Crippen molar-refractivity contribution in [2.45, 2.75) is 26.3 Å². The normalized spacial score (nSPS) is 18.0. The molecule has 24 heavy (non-hydrogen) atoms. The number of aliphatic imine (C=N–C) groups is 1. The Bertz CT molecular complexity index is 639. The third-order valence-electron chi connectivity index (χ3n) is 4.40. The van der Waals surface area contributed by atoms with Crippen LogP contribution in [0.2, 0.25) is 0 Å². The van der Waals surface area contributed by atoms with E-state index in [0.29, 0.717) is 12.5 Å². The predicted molar refractivity (Wildman–Crippen MR) is 98.9 cm³/mol. The van der Waals surface area contributed by atoms with Crippen molar-refractivity contribution in [2.24, 2.45) is 10.9 Å². The van der Waals surface area contributed by atoms with E-state index >= 15 is 0 Å². The van der Waals surface area contributed by atoms with Crippen LogP contribution < -0.4 is 5.32 Å². The maximum Gasteiger partial charge on any atom is 0.194 e. The second-order valence-electron chi connectivity index (χ2n) is 6.28. The van der Waals surface area contributed by atoms with Crippen LogP contribution in [0, 0.1) is 5.92 Å². The number of guanidine groups is 1. The first kappa shape index (κ1) is 16.5. The number of aromatic nitrogens is 1. The van der Waals surface area contributed by atoms with Gasteiger partial charge in [0, 0.05) is 25.8 Å². The van der Waals surface area contributed by atoms with E-state index in [1.165, 1.54) is 12.0 Å². The van der Waals surface area contributed by atoms with E-state index in [0.717, 1.165) is 37.7 Å². The number of pyridine rings is 1. The summed E-state index contributed by atoms with van der Waals surface area (Å²) in [5, 5.41) is 3.43. The Hall–Kier alpha value is -2.36. The van der Waals surface area contributed by atoms with Crippen molar-refractivity contribution in [3.8, 4) is 0 Å². The molecule has 4 nitrogen and oxygen atoms in total. The van der Waals surface area contributed by atoms with Gasteiger partial charge in [0.05, 0.1) is 12.2 Å². The van der Waals surface area contributed by atoms with Gasteiger partial charge in [-0.1, -0.05) is 36.4 Å². The van der Waals surface area contributed by atoms with Gasteiger partial charge in [0.25, 0.3) is 0 Å². The number of likely N-dealkylation sites (tertiary alicyclic amines) is 1. The molecule has 1 aliphatic heterocycles. The van der Waals surface area contributed by atoms with Gasteiger partial charge in [-0.25, -0.2) is 4.99 Å². The third-order valence-corrected chi connectivity index (χ3v) is 4.40. The summed E-state index contributed by atoms with van der Waals surface area (Å²) in [6.07, 6.45) is 4.20. The number of nitrogens with one attached hydrogen (secondary N) is 1. The van der Waals surface area contributed by atoms with Gasteiger partial charge in [-0.3, -0.25) is 4.98 Å². The first-order valence-corrected chi connectivity index (χ1v) is 8.82. The summed E-state index contributed by atoms with van der Waals surface area (Å²) in [5.74, 6) is 1.71. The van der Waals surface area contributed by atoms with Crippen LogP contribution in [0.5, 0.6) is 0 Å². The van der Waals surface area contributed by atoms with E-state index in [-0.39, 0.29) is 0 Å². The van der Waals surface area contributed by atoms with Crippen LogP contribution in [0.4, 0.5) is 0 Å². The minimum absolute atomic E-state index is 0.628. The molecule has 1 aliphatic rings. The standard InChI is InChI=1S/C20H26N4/c1-2-21-20(23-15-19-10-6-7-12-22-19)24-13-11-18(16-24)14-17-8-4-3-5-9-17/h3-10,12,18H,2,11,13-16H2,1H3,(H,21,23). The Kier molecular flexibility index (Phi) is 5.83. The van der Waals surface area contributed by atoms with Gasteiger partial charge in [-0.2, -0.15) is 0 Å². The van der Waals surface area contributed by atoms with Crippen molar-refractivity contribution in [1.82, 2.24) is 15.2 Å². The zero-order valence-electron chi connectivity index (χ0n) is 14.4. The van der Waals surface area contributed by atoms with Gasteiger partial charge in [0.2, 0.25) is 0 Å². The molecule has 0 amide bonds. The first-order valence-electron chi connectivity index (χ1n) is 8.82. The van der Waals surface area contributed by atoms with E-state index in [2.05, 4.69) is 52.5 Å². The minimum Gasteiger partial charge on any atom is -0.357 e. The fourth-order valence-electron chi connectivity index (χ4n) is 3.21. The van der Waals surface area contributed by atoms with Crippen LogP contribution in [0.15, 0.2) is 59.7 Å². The molecule has 0 radical (unpaired) electrons. The van der Waals surface area contributed by atoms with Crippen molar-refractivity contribution in [3.05, 3.63) is 66.0 Å². The predicted octanol–water partition coefficient (Wildman–Crippen LogP) is 3.11. The molecular formula is C20H26N4. The lowest BCUT2D eigenvalue weighted by molar-refractivity contribution is 0.460. The molecule has 1 aromatic carbocycles. The van der Waals surface area contributed by atoms with Crippen LogP contribution in [0.1, 0.15) is 24.6 Å². The number of hydrogen-bond donors (Lipinski definition) is 1. The topological polar surface area (TPSA) is 40.5 Å². The molecule has 2 aromatic rings. The van der Waals surface area contributed by atoms with E-state index in [1.54, 1.807) is 0 Å². The molecule has 0 aliphatic carbocycles. The third kappa shape index (κ3) is 4.57. The van der Waals surface area contributed by atoms with E-state index in [4.69, 9.17) is 4.99 Å². The molecule has 1 unspecified atom stereocenters. The molecule has 0 bridgehead atoms. The SMILES string of the molecule is CCNC(=NCc1ccccn1)N1CCC(Cc2ccccc2)C1. The Balaban J connectivity index is 1.60. The average molecular weight is 322 g/mol. The summed E-state index contributed by atoms with van der Waals surface area (Å²) in [6, 6.07) is 16.8. The van der Waals surface area contributed by atoms with Crippen molar-refractivity contribution < 1.29 is 0 Å². The molecule has 1 fully saturated rings. The molecule has 2 heterocycles. The number of nitrogens with zero attached hydrogens (tertiary/aromatic N) is 3. The lowest BCUT2D eigenvalue weighted by Crippen LogP contribution is -2.40. The summed E-state index contributed by atoms with van der Waals surface area (Å²) in [7, 11) is 0. The monoisotopic (exact) mass is 322 g/mol. The Morgan fingerprint density at radius 2 is 2.04 bits per heavy atom. The largest absolute Gasteiger partial charge is 0.357 e. The molecule has 3 rings (SSSR count). The van der Waals surface area contributed by atoms with Crippen LogP contribution in [-0.2, 0) is 13.0 Å². The van der Waals surface area contributed by atoms with Crippen LogP contribution in [0.3, 0.4) is 0 Å². The maximum absolute atomic E-state index is 4.78. The molecule has 0 saturated carbocycles. The highest BCUT2D eigenvalue weighted by Crippen LogP contribution is 2.21. The fraction of sp³-hybridized carbons (Fsp3) is 0.400. The molecule has 4 heteroatoms. The molecule has 1 atom stereocenters. The van der Waals surface area contributed by atoms with Crippen LogP contribution >= 0.6 is 0 Å². The highest BCUT2D eigenvalue weighted by atomic mass is 15.3. The quantitative estimate of drug-likeness (QED) is 0.679. The molecule has 126 valence electrons. The van der Waals surface area contributed by atoms with Gasteiger partial charge in [0.15, 0.2) is 5.96 Å². The Morgan fingerprint density at radius 1 is 1.21 bits per heavy atom. The second-order valence-corrected chi connectivity index (χ2v) is 6.28. The van der Waals surface area contributed by atoms with E-state index in [1.807, 2.05) is 24.4 Å². The fourth-order valence-corrected chi connectivity index (χ4v) is 3.21. The first-order chi connectivity index (χ1) is 11.8. The second kappa shape index (κ2) is 8.48. The number of benzene rings is 1. The molecule has 1 saturated heterocycles. The lowest BCUT2D eigenvalue weighted by atomic mass is 9.99. The zero-order valence-corrected chi connectivity index (χ0v) is 14.4. The Labute approximate surface area is 144 Å². The Morgan fingerprint density at radius 3 is 2.79 bits per heavy atom. The molecule has 1 aromatic heterocycles. The van der Waals surface area contributed by atoms with Crippen LogP contribution in [0.25, 0.3) is 0 Å². The summed E-state index contributed by atoms with van der Waals surface area (Å²) in [4.78, 5) is 11.5. The molecule has 0 spiro atoms. The van der Waals surface area contributed by atoms with Gasteiger partial charge < -0.3 is 10.2 Å². The van der Waals surface area contributed by atoms with Gasteiger partial charge in [0.1, 0.15) is 0 Å². The smallest absolute Gasteiger partial charge is 0.194 e. The maximum atomic E-state index is 4.78. The van der Waals surface area contributed by atoms with E-state index in [9.17, 15) is 0 Å². The van der Waals surface area contributed by atoms with Gasteiger partial charge in [-0.05, 0) is 43.4 Å². The highest BCUT2D eigenvalue weighted by Gasteiger charge is 2.24. The summed E-state index contributed by atoms with van der Waals surface area (Å²) in [6.45, 7) is 5.78. The van der Waals surface area contributed by atoms with E-state index < -0.39 is 0 Å². The highest BCUT2D eigenvalue weighted by molar-refractivity contribution is 5.80. The summed E-state index contributed by atoms with van der Waals surface area (Å²) in [5.41, 5.74) is 2.44. The molecular weight excluding hydrogens is 296 g/mol. The summed E-state index contributed by atoms with van der Waals surface area (Å²) >= 11 is 0.